The van der Waals surface area contributed by atoms with Crippen molar-refractivity contribution in [3.8, 4) is 0 Å². The van der Waals surface area contributed by atoms with Gasteiger partial charge in [-0.2, -0.15) is 5.10 Å². The third-order valence-corrected chi connectivity index (χ3v) is 5.35. The summed E-state index contributed by atoms with van der Waals surface area (Å²) in [5.74, 6) is 0.647. The molecule has 0 atom stereocenters. The van der Waals surface area contributed by atoms with Crippen molar-refractivity contribution in [3.05, 3.63) is 59.0 Å². The van der Waals surface area contributed by atoms with Crippen molar-refractivity contribution >= 4 is 22.5 Å². The zero-order valence-electron chi connectivity index (χ0n) is 13.8. The Morgan fingerprint density at radius 3 is 2.62 bits per heavy atom. The predicted molar refractivity (Wildman–Crippen MR) is 97.2 cm³/mol. The van der Waals surface area contributed by atoms with Crippen LogP contribution >= 0.6 is 11.6 Å². The summed E-state index contributed by atoms with van der Waals surface area (Å²) >= 11 is 6.42. The first-order valence-electron chi connectivity index (χ1n) is 8.45. The van der Waals surface area contributed by atoms with E-state index in [2.05, 4.69) is 28.1 Å². The number of aryl methyl sites for hydroxylation is 1. The fraction of sp³-hybridized carbons (Fsp3) is 0.368. The summed E-state index contributed by atoms with van der Waals surface area (Å²) in [6.07, 6.45) is 6.15. The van der Waals surface area contributed by atoms with Gasteiger partial charge in [0.25, 0.3) is 0 Å². The van der Waals surface area contributed by atoms with Crippen LogP contribution in [0.4, 0.5) is 0 Å². The molecule has 0 aliphatic carbocycles. The Morgan fingerprint density at radius 2 is 1.88 bits per heavy atom. The molecule has 0 radical (unpaired) electrons. The third-order valence-electron chi connectivity index (χ3n) is 5.04. The lowest BCUT2D eigenvalue weighted by Gasteiger charge is -2.31. The molecule has 3 aromatic rings. The van der Waals surface area contributed by atoms with Crippen molar-refractivity contribution < 1.29 is 0 Å². The van der Waals surface area contributed by atoms with Gasteiger partial charge in [0, 0.05) is 31.4 Å². The van der Waals surface area contributed by atoms with Crippen molar-refractivity contribution in [1.29, 1.82) is 0 Å². The fourth-order valence-corrected chi connectivity index (χ4v) is 4.01. The molecule has 1 aliphatic heterocycles. The summed E-state index contributed by atoms with van der Waals surface area (Å²) in [7, 11) is 1.98. The second-order valence-corrected chi connectivity index (χ2v) is 6.94. The molecule has 0 spiro atoms. The molecular weight excluding hydrogens is 320 g/mol. The van der Waals surface area contributed by atoms with Crippen LogP contribution in [0.3, 0.4) is 0 Å². The van der Waals surface area contributed by atoms with Gasteiger partial charge in [0.05, 0.1) is 16.2 Å². The maximum absolute atomic E-state index is 6.42. The molecule has 2 aromatic heterocycles. The van der Waals surface area contributed by atoms with E-state index in [4.69, 9.17) is 16.7 Å². The Balaban J connectivity index is 1.48. The van der Waals surface area contributed by atoms with E-state index < -0.39 is 0 Å². The molecule has 124 valence electrons. The highest BCUT2D eigenvalue weighted by atomic mass is 35.5. The van der Waals surface area contributed by atoms with Gasteiger partial charge in [-0.25, -0.2) is 0 Å². The van der Waals surface area contributed by atoms with Gasteiger partial charge in [-0.1, -0.05) is 17.7 Å². The number of likely N-dealkylation sites (tertiary alicyclic amines) is 1. The Labute approximate surface area is 147 Å². The number of aromatic nitrogens is 3. The minimum atomic E-state index is 0.647. The summed E-state index contributed by atoms with van der Waals surface area (Å²) in [6.45, 7) is 3.05. The van der Waals surface area contributed by atoms with Crippen LogP contribution in [0.5, 0.6) is 0 Å². The van der Waals surface area contributed by atoms with Crippen molar-refractivity contribution in [2.24, 2.45) is 7.05 Å². The molecule has 4 nitrogen and oxygen atoms in total. The molecule has 0 saturated carbocycles. The zero-order valence-corrected chi connectivity index (χ0v) is 14.6. The Morgan fingerprint density at radius 1 is 1.12 bits per heavy atom. The van der Waals surface area contributed by atoms with Gasteiger partial charge in [0.2, 0.25) is 0 Å². The molecule has 0 unspecified atom stereocenters. The number of nitrogens with zero attached hydrogens (tertiary/aromatic N) is 4. The first-order chi connectivity index (χ1) is 11.7. The SMILES string of the molecule is Cn1nc(CN2CCC(c3ccncc3)CC2)c2c(Cl)cccc21. The summed E-state index contributed by atoms with van der Waals surface area (Å²) in [6, 6.07) is 10.3. The van der Waals surface area contributed by atoms with E-state index in [0.29, 0.717) is 5.92 Å². The summed E-state index contributed by atoms with van der Waals surface area (Å²) in [5.41, 5.74) is 3.60. The molecule has 1 aromatic carbocycles. The number of piperidine rings is 1. The van der Waals surface area contributed by atoms with E-state index in [1.54, 1.807) is 0 Å². The number of pyridine rings is 1. The largest absolute Gasteiger partial charge is 0.297 e. The molecule has 1 saturated heterocycles. The minimum Gasteiger partial charge on any atom is -0.297 e. The monoisotopic (exact) mass is 340 g/mol. The van der Waals surface area contributed by atoms with Crippen LogP contribution in [0.2, 0.25) is 5.02 Å². The lowest BCUT2D eigenvalue weighted by molar-refractivity contribution is 0.203. The predicted octanol–water partition coefficient (Wildman–Crippen LogP) is 4.00. The fourth-order valence-electron chi connectivity index (χ4n) is 3.74. The van der Waals surface area contributed by atoms with Crippen LogP contribution in [-0.2, 0) is 13.6 Å². The highest BCUT2D eigenvalue weighted by molar-refractivity contribution is 6.35. The van der Waals surface area contributed by atoms with E-state index in [-0.39, 0.29) is 0 Å². The van der Waals surface area contributed by atoms with E-state index in [1.165, 1.54) is 18.4 Å². The lowest BCUT2D eigenvalue weighted by atomic mass is 9.90. The van der Waals surface area contributed by atoms with E-state index in [9.17, 15) is 0 Å². The number of hydrogen-bond acceptors (Lipinski definition) is 3. The molecule has 1 aliphatic rings. The Bertz CT molecular complexity index is 835. The van der Waals surface area contributed by atoms with E-state index >= 15 is 0 Å². The number of hydrogen-bond donors (Lipinski definition) is 0. The average molecular weight is 341 g/mol. The highest BCUT2D eigenvalue weighted by Crippen LogP contribution is 2.30. The van der Waals surface area contributed by atoms with E-state index in [1.807, 2.05) is 36.3 Å². The zero-order chi connectivity index (χ0) is 16.5. The first kappa shape index (κ1) is 15.6. The third kappa shape index (κ3) is 2.92. The van der Waals surface area contributed by atoms with Crippen LogP contribution in [-0.4, -0.2) is 32.8 Å². The molecule has 0 N–H and O–H groups in total. The Kier molecular flexibility index (Phi) is 4.25. The van der Waals surface area contributed by atoms with Crippen LogP contribution in [0, 0.1) is 0 Å². The molecule has 4 rings (SSSR count). The molecule has 5 heteroatoms. The smallest absolute Gasteiger partial charge is 0.0858 e. The summed E-state index contributed by atoms with van der Waals surface area (Å²) in [4.78, 5) is 6.61. The summed E-state index contributed by atoms with van der Waals surface area (Å²) in [5, 5.41) is 6.59. The lowest BCUT2D eigenvalue weighted by Crippen LogP contribution is -2.32. The van der Waals surface area contributed by atoms with E-state index in [0.717, 1.165) is 41.3 Å². The van der Waals surface area contributed by atoms with Gasteiger partial charge in [-0.05, 0) is 61.7 Å². The number of benzene rings is 1. The highest BCUT2D eigenvalue weighted by Gasteiger charge is 2.22. The normalized spacial score (nSPS) is 16.8. The van der Waals surface area contributed by atoms with Crippen molar-refractivity contribution in [2.45, 2.75) is 25.3 Å². The van der Waals surface area contributed by atoms with Crippen LogP contribution < -0.4 is 0 Å². The number of halogens is 1. The van der Waals surface area contributed by atoms with Gasteiger partial charge >= 0.3 is 0 Å². The maximum atomic E-state index is 6.42. The average Bonchev–Trinajstić information content (AvgIpc) is 2.93. The second kappa shape index (κ2) is 6.54. The standard InChI is InChI=1S/C19H21ClN4/c1-23-18-4-2-3-16(20)19(18)17(22-23)13-24-11-7-15(8-12-24)14-5-9-21-10-6-14/h2-6,9-10,15H,7-8,11-13H2,1H3. The number of fused-ring (bicyclic) bond motifs is 1. The van der Waals surface area contributed by atoms with Crippen LogP contribution in [0.25, 0.3) is 10.9 Å². The van der Waals surface area contributed by atoms with Gasteiger partial charge in [-0.3, -0.25) is 14.6 Å². The van der Waals surface area contributed by atoms with Gasteiger partial charge in [0.1, 0.15) is 0 Å². The second-order valence-electron chi connectivity index (χ2n) is 6.54. The van der Waals surface area contributed by atoms with Crippen molar-refractivity contribution in [3.63, 3.8) is 0 Å². The van der Waals surface area contributed by atoms with Gasteiger partial charge in [-0.15, -0.1) is 0 Å². The first-order valence-corrected chi connectivity index (χ1v) is 8.82. The molecule has 0 bridgehead atoms. The minimum absolute atomic E-state index is 0.647. The topological polar surface area (TPSA) is 34.0 Å². The summed E-state index contributed by atoms with van der Waals surface area (Å²) < 4.78 is 1.93. The molecule has 24 heavy (non-hydrogen) atoms. The molecule has 1 fully saturated rings. The maximum Gasteiger partial charge on any atom is 0.0858 e. The van der Waals surface area contributed by atoms with Crippen molar-refractivity contribution in [1.82, 2.24) is 19.7 Å². The molecule has 3 heterocycles. The van der Waals surface area contributed by atoms with Gasteiger partial charge < -0.3 is 0 Å². The number of rotatable bonds is 3. The Hall–Kier alpha value is -1.91. The quantitative estimate of drug-likeness (QED) is 0.722. The molecule has 0 amide bonds. The van der Waals surface area contributed by atoms with Crippen molar-refractivity contribution in [2.75, 3.05) is 13.1 Å². The van der Waals surface area contributed by atoms with Gasteiger partial charge in [0.15, 0.2) is 0 Å². The van der Waals surface area contributed by atoms with Crippen LogP contribution in [0.1, 0.15) is 30.0 Å². The van der Waals surface area contributed by atoms with Crippen LogP contribution in [0.15, 0.2) is 42.7 Å². The molecular formula is C19H21ClN4.